The van der Waals surface area contributed by atoms with E-state index in [1.54, 1.807) is 24.7 Å². The standard InChI is InChI=1S/C38H29F3N4O.Pd/c1-21(2)25-15-27(45-24(5)37(23(4)43-45)38-32(40)17-26(39)18-33(38)41)19-29(16-25)46-28-10-11-31-30-8-6-7-9-34(30)44(35(31)20-28)36-14-22(3)12-13-42-36;/h6-18,21H,1-5H3;/q-2;+2. The van der Waals surface area contributed by atoms with Gasteiger partial charge in [0.1, 0.15) is 23.3 Å². The minimum Gasteiger partial charge on any atom is -0.509 e. The topological polar surface area (TPSA) is 44.9 Å². The van der Waals surface area contributed by atoms with Gasteiger partial charge in [-0.15, -0.1) is 41.3 Å². The van der Waals surface area contributed by atoms with E-state index in [4.69, 9.17) is 4.74 Å². The molecule has 5 nitrogen and oxygen atoms in total. The van der Waals surface area contributed by atoms with Gasteiger partial charge < -0.3 is 9.30 Å². The molecular formula is C38H29F3N4OPd. The maximum absolute atomic E-state index is 14.8. The SMILES string of the molecule is Cc1ccnc(-n2c3[c-]c(Oc4[c-]c(-n5nc(C)c(-c6c(F)cc(F)cc6F)c5C)cc(C(C)C)c4)ccc3c3ccccc32)c1.[Pd+2]. The summed E-state index contributed by atoms with van der Waals surface area (Å²) in [5.74, 6) is -1.14. The van der Waals surface area contributed by atoms with Crippen molar-refractivity contribution < 1.29 is 38.3 Å². The van der Waals surface area contributed by atoms with Crippen LogP contribution in [-0.4, -0.2) is 19.3 Å². The minimum absolute atomic E-state index is 0. The van der Waals surface area contributed by atoms with Crippen LogP contribution in [0.15, 0.2) is 79.0 Å². The first-order valence-electron chi connectivity index (χ1n) is 14.9. The fraction of sp³-hybridized carbons (Fsp3) is 0.158. The molecule has 0 saturated carbocycles. The van der Waals surface area contributed by atoms with Gasteiger partial charge in [-0.1, -0.05) is 37.6 Å². The molecule has 0 amide bonds. The van der Waals surface area contributed by atoms with Gasteiger partial charge >= 0.3 is 20.4 Å². The summed E-state index contributed by atoms with van der Waals surface area (Å²) in [4.78, 5) is 4.65. The average Bonchev–Trinajstić information content (AvgIpc) is 3.49. The van der Waals surface area contributed by atoms with Gasteiger partial charge in [-0.25, -0.2) is 18.2 Å². The summed E-state index contributed by atoms with van der Waals surface area (Å²) < 4.78 is 53.4. The number of nitrogens with zero attached hydrogens (tertiary/aromatic N) is 4. The first-order chi connectivity index (χ1) is 22.1. The Bertz CT molecular complexity index is 2280. The van der Waals surface area contributed by atoms with Crippen molar-refractivity contribution in [3.8, 4) is 34.1 Å². The molecule has 0 atom stereocenters. The minimum atomic E-state index is -0.989. The predicted molar refractivity (Wildman–Crippen MR) is 173 cm³/mol. The molecule has 7 aromatic rings. The summed E-state index contributed by atoms with van der Waals surface area (Å²) in [5, 5.41) is 6.71. The number of rotatable bonds is 6. The third-order valence-electron chi connectivity index (χ3n) is 8.20. The number of fused-ring (bicyclic) bond motifs is 3. The number of benzene rings is 4. The fourth-order valence-electron chi connectivity index (χ4n) is 6.00. The number of halogens is 3. The van der Waals surface area contributed by atoms with Crippen LogP contribution < -0.4 is 4.74 Å². The number of hydrogen-bond donors (Lipinski definition) is 0. The van der Waals surface area contributed by atoms with E-state index in [1.165, 1.54) is 0 Å². The molecule has 0 N–H and O–H groups in total. The van der Waals surface area contributed by atoms with Crippen molar-refractivity contribution in [2.24, 2.45) is 0 Å². The molecule has 0 fully saturated rings. The van der Waals surface area contributed by atoms with Crippen molar-refractivity contribution >= 4 is 21.8 Å². The molecule has 0 unspecified atom stereocenters. The summed E-state index contributed by atoms with van der Waals surface area (Å²) in [5.41, 5.74) is 5.23. The second-order valence-electron chi connectivity index (χ2n) is 11.8. The zero-order valence-corrected chi connectivity index (χ0v) is 27.8. The molecule has 7 rings (SSSR count). The maximum Gasteiger partial charge on any atom is 2.00 e. The van der Waals surface area contributed by atoms with Gasteiger partial charge in [-0.3, -0.25) is 4.68 Å². The van der Waals surface area contributed by atoms with Crippen LogP contribution in [0.5, 0.6) is 11.5 Å². The first-order valence-corrected chi connectivity index (χ1v) is 14.9. The van der Waals surface area contributed by atoms with Crippen LogP contribution in [-0.2, 0) is 20.4 Å². The van der Waals surface area contributed by atoms with Crippen LogP contribution in [0.4, 0.5) is 13.2 Å². The number of aryl methyl sites for hydroxylation is 2. The Balaban J connectivity index is 0.00000386. The van der Waals surface area contributed by atoms with E-state index in [2.05, 4.69) is 52.8 Å². The number of pyridine rings is 1. The molecule has 238 valence electrons. The molecular weight excluding hydrogens is 692 g/mol. The number of ether oxygens (including phenoxy) is 1. The summed E-state index contributed by atoms with van der Waals surface area (Å²) in [6.07, 6.45) is 1.79. The predicted octanol–water partition coefficient (Wildman–Crippen LogP) is 9.89. The largest absolute Gasteiger partial charge is 2.00 e. The van der Waals surface area contributed by atoms with Gasteiger partial charge in [0.15, 0.2) is 0 Å². The molecule has 0 saturated heterocycles. The zero-order valence-electron chi connectivity index (χ0n) is 26.2. The number of aromatic nitrogens is 4. The van der Waals surface area contributed by atoms with Crippen molar-refractivity contribution in [3.05, 3.63) is 131 Å². The molecule has 4 aromatic carbocycles. The summed E-state index contributed by atoms with van der Waals surface area (Å²) >= 11 is 0. The summed E-state index contributed by atoms with van der Waals surface area (Å²) in [6, 6.07) is 28.0. The quantitative estimate of drug-likeness (QED) is 0.127. The van der Waals surface area contributed by atoms with E-state index in [-0.39, 0.29) is 37.5 Å². The van der Waals surface area contributed by atoms with Crippen LogP contribution in [0, 0.1) is 50.4 Å². The van der Waals surface area contributed by atoms with Crippen molar-refractivity contribution in [1.29, 1.82) is 0 Å². The van der Waals surface area contributed by atoms with Crippen molar-refractivity contribution in [3.63, 3.8) is 0 Å². The van der Waals surface area contributed by atoms with Crippen LogP contribution in [0.25, 0.3) is 44.4 Å². The first kappa shape index (κ1) is 32.2. The number of hydrogen-bond acceptors (Lipinski definition) is 3. The molecule has 0 aliphatic rings. The van der Waals surface area contributed by atoms with Crippen molar-refractivity contribution in [1.82, 2.24) is 19.3 Å². The molecule has 3 heterocycles. The van der Waals surface area contributed by atoms with Gasteiger partial charge in [0.25, 0.3) is 0 Å². The molecule has 0 aliphatic carbocycles. The molecule has 0 radical (unpaired) electrons. The second kappa shape index (κ2) is 12.5. The maximum atomic E-state index is 14.8. The van der Waals surface area contributed by atoms with E-state index in [0.717, 1.165) is 38.8 Å². The normalized spacial score (nSPS) is 11.4. The number of para-hydroxylation sites is 1. The zero-order chi connectivity index (χ0) is 32.3. The Labute approximate surface area is 284 Å². The molecule has 0 aliphatic heterocycles. The van der Waals surface area contributed by atoms with Crippen molar-refractivity contribution in [2.45, 2.75) is 40.5 Å². The fourth-order valence-corrected chi connectivity index (χ4v) is 6.00. The summed E-state index contributed by atoms with van der Waals surface area (Å²) in [7, 11) is 0. The van der Waals surface area contributed by atoms with Gasteiger partial charge in [0, 0.05) is 46.6 Å². The Morgan fingerprint density at radius 1 is 0.787 bits per heavy atom. The molecule has 47 heavy (non-hydrogen) atoms. The van der Waals surface area contributed by atoms with Gasteiger partial charge in [-0.05, 0) is 61.5 Å². The van der Waals surface area contributed by atoms with E-state index >= 15 is 0 Å². The third kappa shape index (κ3) is 5.75. The van der Waals surface area contributed by atoms with Crippen LogP contribution in [0.3, 0.4) is 0 Å². The van der Waals surface area contributed by atoms with Crippen LogP contribution in [0.2, 0.25) is 0 Å². The van der Waals surface area contributed by atoms with Crippen LogP contribution in [0.1, 0.15) is 42.3 Å². The second-order valence-corrected chi connectivity index (χ2v) is 11.8. The van der Waals surface area contributed by atoms with Gasteiger partial charge in [0.05, 0.1) is 11.3 Å². The molecule has 0 bridgehead atoms. The summed E-state index contributed by atoms with van der Waals surface area (Å²) in [6.45, 7) is 9.53. The Morgan fingerprint density at radius 2 is 1.53 bits per heavy atom. The van der Waals surface area contributed by atoms with Crippen LogP contribution >= 0.6 is 0 Å². The Morgan fingerprint density at radius 3 is 2.26 bits per heavy atom. The van der Waals surface area contributed by atoms with E-state index < -0.39 is 17.5 Å². The van der Waals surface area contributed by atoms with E-state index in [1.807, 2.05) is 55.5 Å². The van der Waals surface area contributed by atoms with E-state index in [9.17, 15) is 13.2 Å². The molecule has 3 aromatic heterocycles. The Hall–Kier alpha value is -4.71. The smallest absolute Gasteiger partial charge is 0.509 e. The molecule has 0 spiro atoms. The Kier molecular flexibility index (Phi) is 8.56. The molecule has 9 heteroatoms. The van der Waals surface area contributed by atoms with E-state index in [0.29, 0.717) is 40.7 Å². The average molecular weight is 721 g/mol. The van der Waals surface area contributed by atoms with Gasteiger partial charge in [0.2, 0.25) is 0 Å². The third-order valence-corrected chi connectivity index (χ3v) is 8.20. The monoisotopic (exact) mass is 720 g/mol. The van der Waals surface area contributed by atoms with Gasteiger partial charge in [-0.2, -0.15) is 11.2 Å². The van der Waals surface area contributed by atoms with Crippen molar-refractivity contribution in [2.75, 3.05) is 0 Å².